The number of hydrogen-bond acceptors (Lipinski definition) is 7. The molecule has 5 fully saturated rings. The van der Waals surface area contributed by atoms with Crippen molar-refractivity contribution in [2.75, 3.05) is 0 Å². The van der Waals surface area contributed by atoms with Crippen molar-refractivity contribution in [2.24, 2.45) is 23.2 Å². The summed E-state index contributed by atoms with van der Waals surface area (Å²) in [5.74, 6) is 2.06. The number of hydrazine groups is 1. The molecule has 4 aliphatic carbocycles. The standard InChI is InChI=1S/C27H27N3O5S2/c1-14-5-20(21(30(33)34)6-15(14)2)22-4-3-19(35-22)10-23-24(31)29(26(36)37-23)28-25(32)27-11-16-7-17(12-27)9-18(8-16)13-27/h3-6,10,16-18H,7-9,11-13H2,1-2H3,(H,28,32)/b23-10-. The molecule has 2 aromatic rings. The van der Waals surface area contributed by atoms with E-state index in [-0.39, 0.29) is 15.9 Å². The van der Waals surface area contributed by atoms with Gasteiger partial charge >= 0.3 is 0 Å². The smallest absolute Gasteiger partial charge is 0.285 e. The zero-order valence-corrected chi connectivity index (χ0v) is 22.2. The summed E-state index contributed by atoms with van der Waals surface area (Å²) in [7, 11) is 0. The maximum Gasteiger partial charge on any atom is 0.285 e. The third-order valence-corrected chi connectivity index (χ3v) is 9.80. The number of nitrogens with one attached hydrogen (secondary N) is 1. The largest absolute Gasteiger partial charge is 0.456 e. The highest BCUT2D eigenvalue weighted by Gasteiger charge is 2.55. The molecule has 8 nitrogen and oxygen atoms in total. The zero-order valence-electron chi connectivity index (χ0n) is 20.6. The van der Waals surface area contributed by atoms with Crippen LogP contribution in [-0.2, 0) is 9.59 Å². The van der Waals surface area contributed by atoms with Crippen LogP contribution in [0.3, 0.4) is 0 Å². The summed E-state index contributed by atoms with van der Waals surface area (Å²) in [5.41, 5.74) is 4.53. The Hall–Kier alpha value is -2.98. The van der Waals surface area contributed by atoms with Crippen LogP contribution in [0.5, 0.6) is 0 Å². The monoisotopic (exact) mass is 537 g/mol. The van der Waals surface area contributed by atoms with E-state index >= 15 is 0 Å². The normalized spacial score (nSPS) is 29.4. The predicted octanol–water partition coefficient (Wildman–Crippen LogP) is 5.92. The molecule has 2 heterocycles. The molecule has 1 aliphatic heterocycles. The molecule has 37 heavy (non-hydrogen) atoms. The summed E-state index contributed by atoms with van der Waals surface area (Å²) in [4.78, 5) is 38.1. The Morgan fingerprint density at radius 2 is 1.78 bits per heavy atom. The molecular weight excluding hydrogens is 510 g/mol. The van der Waals surface area contributed by atoms with Crippen LogP contribution in [0.25, 0.3) is 17.4 Å². The average Bonchev–Trinajstić information content (AvgIpc) is 3.39. The van der Waals surface area contributed by atoms with E-state index < -0.39 is 16.2 Å². The first kappa shape index (κ1) is 24.4. The van der Waals surface area contributed by atoms with E-state index in [4.69, 9.17) is 16.6 Å². The second kappa shape index (κ2) is 8.80. The fourth-order valence-corrected chi connectivity index (χ4v) is 8.19. The zero-order chi connectivity index (χ0) is 26.1. The van der Waals surface area contributed by atoms with Crippen LogP contribution in [0.4, 0.5) is 5.69 Å². The van der Waals surface area contributed by atoms with E-state index in [9.17, 15) is 19.7 Å². The van der Waals surface area contributed by atoms with E-state index in [1.54, 1.807) is 24.3 Å². The maximum absolute atomic E-state index is 13.4. The number of thioether (sulfide) groups is 1. The van der Waals surface area contributed by atoms with Crippen molar-refractivity contribution in [3.8, 4) is 11.3 Å². The fourth-order valence-electron chi connectivity index (χ4n) is 7.03. The van der Waals surface area contributed by atoms with Gasteiger partial charge < -0.3 is 4.42 Å². The maximum atomic E-state index is 13.4. The van der Waals surface area contributed by atoms with Gasteiger partial charge in [0.1, 0.15) is 11.5 Å². The molecule has 0 atom stereocenters. The number of hydrogen-bond donors (Lipinski definition) is 1. The number of nitro benzene ring substituents is 1. The summed E-state index contributed by atoms with van der Waals surface area (Å²) in [5, 5.41) is 12.8. The second-order valence-corrected chi connectivity index (χ2v) is 12.7. The lowest BCUT2D eigenvalue weighted by atomic mass is 9.49. The van der Waals surface area contributed by atoms with E-state index in [1.807, 2.05) is 13.8 Å². The number of nitro groups is 1. The number of benzene rings is 1. The van der Waals surface area contributed by atoms with Gasteiger partial charge in [-0.3, -0.25) is 25.1 Å². The Morgan fingerprint density at radius 1 is 1.16 bits per heavy atom. The van der Waals surface area contributed by atoms with Gasteiger partial charge in [-0.15, -0.1) is 0 Å². The van der Waals surface area contributed by atoms with Crippen LogP contribution in [0.15, 0.2) is 33.6 Å². The van der Waals surface area contributed by atoms with Crippen LogP contribution in [0.1, 0.15) is 55.4 Å². The Kier molecular flexibility index (Phi) is 5.80. The summed E-state index contributed by atoms with van der Waals surface area (Å²) in [6.45, 7) is 3.71. The molecule has 1 saturated heterocycles. The number of carbonyl (C=O) groups is 2. The van der Waals surface area contributed by atoms with Gasteiger partial charge in [-0.2, -0.15) is 5.01 Å². The minimum atomic E-state index is -0.429. The molecule has 1 N–H and O–H groups in total. The van der Waals surface area contributed by atoms with E-state index in [1.165, 1.54) is 30.3 Å². The van der Waals surface area contributed by atoms with Crippen molar-refractivity contribution >= 4 is 51.9 Å². The molecule has 4 saturated carbocycles. The lowest BCUT2D eigenvalue weighted by Gasteiger charge is -2.55. The van der Waals surface area contributed by atoms with Crippen molar-refractivity contribution in [3.05, 3.63) is 56.2 Å². The minimum absolute atomic E-state index is 0.0392. The average molecular weight is 538 g/mol. The molecular formula is C27H27N3O5S2. The number of nitrogens with zero attached hydrogens (tertiary/aromatic N) is 2. The van der Waals surface area contributed by atoms with Crippen LogP contribution >= 0.6 is 24.0 Å². The predicted molar refractivity (Wildman–Crippen MR) is 144 cm³/mol. The van der Waals surface area contributed by atoms with E-state index in [2.05, 4.69) is 5.43 Å². The number of rotatable bonds is 5. The summed E-state index contributed by atoms with van der Waals surface area (Å²) >= 11 is 6.53. The Labute approximate surface area is 224 Å². The highest BCUT2D eigenvalue weighted by atomic mass is 32.2. The van der Waals surface area contributed by atoms with Crippen LogP contribution in [0, 0.1) is 47.1 Å². The highest BCUT2D eigenvalue weighted by Crippen LogP contribution is 2.60. The van der Waals surface area contributed by atoms with Crippen LogP contribution < -0.4 is 5.43 Å². The lowest BCUT2D eigenvalue weighted by molar-refractivity contribution is -0.384. The van der Waals surface area contributed by atoms with Gasteiger partial charge in [0.25, 0.3) is 11.6 Å². The SMILES string of the molecule is Cc1cc(-c2ccc(/C=C3\SC(=S)N(NC(=O)C45CC6CC(CC(C6)C4)C5)C3=O)o2)c([N+](=O)[O-])cc1C. The number of amides is 2. The molecule has 0 spiro atoms. The van der Waals surface area contributed by atoms with Gasteiger partial charge in [0.05, 0.1) is 20.8 Å². The quantitative estimate of drug-likeness (QED) is 0.218. The summed E-state index contributed by atoms with van der Waals surface area (Å²) < 4.78 is 6.16. The first-order valence-corrected chi connectivity index (χ1v) is 13.8. The number of aryl methyl sites for hydroxylation is 2. The van der Waals surface area contributed by atoms with Crippen molar-refractivity contribution < 1.29 is 18.9 Å². The molecule has 5 aliphatic rings. The van der Waals surface area contributed by atoms with Crippen molar-refractivity contribution in [3.63, 3.8) is 0 Å². The molecule has 192 valence electrons. The summed E-state index contributed by atoms with van der Waals surface area (Å²) in [6.07, 6.45) is 7.94. The molecule has 0 radical (unpaired) electrons. The first-order chi connectivity index (χ1) is 17.6. The molecule has 0 unspecified atom stereocenters. The fraction of sp³-hybridized carbons (Fsp3) is 0.444. The highest BCUT2D eigenvalue weighted by molar-refractivity contribution is 8.26. The van der Waals surface area contributed by atoms with Gasteiger partial charge in [0.15, 0.2) is 4.32 Å². The van der Waals surface area contributed by atoms with Crippen molar-refractivity contribution in [2.45, 2.75) is 52.4 Å². The molecule has 2 amide bonds. The Morgan fingerprint density at radius 3 is 2.41 bits per heavy atom. The van der Waals surface area contributed by atoms with Crippen molar-refractivity contribution in [1.29, 1.82) is 0 Å². The number of carbonyl (C=O) groups excluding carboxylic acids is 2. The summed E-state index contributed by atoms with van der Waals surface area (Å²) in [6, 6.07) is 6.58. The topological polar surface area (TPSA) is 106 Å². The van der Waals surface area contributed by atoms with Gasteiger partial charge in [-0.1, -0.05) is 11.8 Å². The molecule has 1 aromatic heterocycles. The third kappa shape index (κ3) is 4.20. The van der Waals surface area contributed by atoms with Gasteiger partial charge in [0.2, 0.25) is 5.91 Å². The van der Waals surface area contributed by atoms with Gasteiger partial charge in [-0.05, 0) is 112 Å². The van der Waals surface area contributed by atoms with Crippen LogP contribution in [-0.4, -0.2) is 26.1 Å². The molecule has 7 rings (SSSR count). The lowest BCUT2D eigenvalue weighted by Crippen LogP contribution is -2.57. The minimum Gasteiger partial charge on any atom is -0.456 e. The van der Waals surface area contributed by atoms with E-state index in [0.29, 0.717) is 39.7 Å². The first-order valence-electron chi connectivity index (χ1n) is 12.6. The van der Waals surface area contributed by atoms with Crippen LogP contribution in [0.2, 0.25) is 0 Å². The second-order valence-electron chi connectivity index (χ2n) is 11.1. The Balaban J connectivity index is 1.21. The van der Waals surface area contributed by atoms with Gasteiger partial charge in [-0.25, -0.2) is 0 Å². The van der Waals surface area contributed by atoms with Gasteiger partial charge in [0, 0.05) is 12.1 Å². The van der Waals surface area contributed by atoms with E-state index in [0.717, 1.165) is 42.2 Å². The number of furan rings is 1. The molecule has 4 bridgehead atoms. The number of thiocarbonyl (C=S) groups is 1. The Bertz CT molecular complexity index is 1360. The molecule has 1 aromatic carbocycles. The van der Waals surface area contributed by atoms with Crippen molar-refractivity contribution in [1.82, 2.24) is 10.4 Å². The third-order valence-electron chi connectivity index (χ3n) is 8.50. The molecule has 10 heteroatoms.